The summed E-state index contributed by atoms with van der Waals surface area (Å²) in [5, 5.41) is 4.13. The lowest BCUT2D eigenvalue weighted by molar-refractivity contribution is 0.490. The van der Waals surface area contributed by atoms with E-state index in [0.717, 1.165) is 16.1 Å². The molecule has 1 heterocycles. The number of hydrogen-bond acceptors (Lipinski definition) is 2. The van der Waals surface area contributed by atoms with Gasteiger partial charge in [-0.2, -0.15) is 0 Å². The average molecular weight is 279 g/mol. The van der Waals surface area contributed by atoms with Crippen LogP contribution in [0.3, 0.4) is 0 Å². The highest BCUT2D eigenvalue weighted by Crippen LogP contribution is 2.20. The van der Waals surface area contributed by atoms with E-state index in [9.17, 15) is 4.39 Å². The van der Waals surface area contributed by atoms with Crippen LogP contribution in [-0.2, 0) is 0 Å². The Balaban J connectivity index is 2.06. The number of rotatable bonds is 4. The lowest BCUT2D eigenvalue weighted by atomic mass is 10.1. The predicted octanol–water partition coefficient (Wildman–Crippen LogP) is 4.29. The van der Waals surface area contributed by atoms with Crippen molar-refractivity contribution in [3.8, 4) is 0 Å². The normalized spacial score (nSPS) is 14.1. The van der Waals surface area contributed by atoms with Gasteiger partial charge in [0, 0.05) is 23.3 Å². The van der Waals surface area contributed by atoms with Gasteiger partial charge in [-0.25, -0.2) is 4.39 Å². The molecule has 100 valence electrons. The molecule has 1 unspecified atom stereocenters. The van der Waals surface area contributed by atoms with Crippen molar-refractivity contribution >= 4 is 11.6 Å². The Hall–Kier alpha value is -1.45. The fourth-order valence-corrected chi connectivity index (χ4v) is 2.11. The molecule has 0 fully saturated rings. The van der Waals surface area contributed by atoms with Gasteiger partial charge in [-0.3, -0.25) is 4.98 Å². The average Bonchev–Trinajstić information content (AvgIpc) is 2.39. The highest BCUT2D eigenvalue weighted by molar-refractivity contribution is 6.30. The number of pyridine rings is 1. The van der Waals surface area contributed by atoms with Crippen LogP contribution in [-0.4, -0.2) is 4.98 Å². The lowest BCUT2D eigenvalue weighted by Gasteiger charge is -2.20. The Morgan fingerprint density at radius 3 is 2.32 bits per heavy atom. The summed E-state index contributed by atoms with van der Waals surface area (Å²) in [6.07, 6.45) is 2.88. The first-order valence-corrected chi connectivity index (χ1v) is 6.56. The second kappa shape index (κ2) is 6.13. The third-order valence-corrected chi connectivity index (χ3v) is 3.35. The van der Waals surface area contributed by atoms with Crippen LogP contribution in [0.5, 0.6) is 0 Å². The Morgan fingerprint density at radius 2 is 1.68 bits per heavy atom. The van der Waals surface area contributed by atoms with Gasteiger partial charge in [0.05, 0.1) is 6.20 Å². The molecule has 2 aromatic rings. The number of nitrogens with one attached hydrogen (secondary N) is 1. The predicted molar refractivity (Wildman–Crippen MR) is 75.6 cm³/mol. The van der Waals surface area contributed by atoms with E-state index in [4.69, 9.17) is 11.6 Å². The maximum atomic E-state index is 13.1. The SMILES string of the molecule is CC(N[C@@H](C)c1ccc(Cl)cc1)c1cncc(F)c1. The lowest BCUT2D eigenvalue weighted by Crippen LogP contribution is -2.22. The second-order valence-electron chi connectivity index (χ2n) is 4.60. The summed E-state index contributed by atoms with van der Waals surface area (Å²) < 4.78 is 13.1. The summed E-state index contributed by atoms with van der Waals surface area (Å²) in [5.41, 5.74) is 1.97. The molecule has 1 N–H and O–H groups in total. The van der Waals surface area contributed by atoms with E-state index < -0.39 is 0 Å². The van der Waals surface area contributed by atoms with E-state index in [1.807, 2.05) is 31.2 Å². The van der Waals surface area contributed by atoms with Gasteiger partial charge in [-0.15, -0.1) is 0 Å². The molecule has 1 aromatic heterocycles. The van der Waals surface area contributed by atoms with Crippen molar-refractivity contribution in [2.75, 3.05) is 0 Å². The second-order valence-corrected chi connectivity index (χ2v) is 5.03. The van der Waals surface area contributed by atoms with Crippen LogP contribution in [0.1, 0.15) is 37.1 Å². The number of nitrogens with zero attached hydrogens (tertiary/aromatic N) is 1. The van der Waals surface area contributed by atoms with Gasteiger partial charge >= 0.3 is 0 Å². The molecular weight excluding hydrogens is 263 g/mol. The van der Waals surface area contributed by atoms with E-state index in [2.05, 4.69) is 17.2 Å². The molecule has 0 saturated heterocycles. The van der Waals surface area contributed by atoms with Crippen LogP contribution in [0.2, 0.25) is 5.02 Å². The Bertz CT molecular complexity index is 542. The van der Waals surface area contributed by atoms with Crippen molar-refractivity contribution in [3.05, 3.63) is 64.7 Å². The van der Waals surface area contributed by atoms with Gasteiger partial charge in [-0.1, -0.05) is 23.7 Å². The van der Waals surface area contributed by atoms with E-state index >= 15 is 0 Å². The first-order chi connectivity index (χ1) is 9.06. The summed E-state index contributed by atoms with van der Waals surface area (Å²) in [7, 11) is 0. The molecule has 19 heavy (non-hydrogen) atoms. The maximum absolute atomic E-state index is 13.1. The number of benzene rings is 1. The first-order valence-electron chi connectivity index (χ1n) is 6.18. The zero-order valence-electron chi connectivity index (χ0n) is 10.9. The number of hydrogen-bond donors (Lipinski definition) is 1. The van der Waals surface area contributed by atoms with Crippen LogP contribution in [0.4, 0.5) is 4.39 Å². The van der Waals surface area contributed by atoms with Crippen molar-refractivity contribution in [2.45, 2.75) is 25.9 Å². The highest BCUT2D eigenvalue weighted by Gasteiger charge is 2.11. The minimum Gasteiger partial charge on any atom is -0.304 e. The van der Waals surface area contributed by atoms with Gasteiger partial charge in [0.15, 0.2) is 0 Å². The molecule has 0 saturated carbocycles. The minimum absolute atomic E-state index is 0.0221. The molecule has 0 spiro atoms. The van der Waals surface area contributed by atoms with Crippen molar-refractivity contribution in [1.29, 1.82) is 0 Å². The summed E-state index contributed by atoms with van der Waals surface area (Å²) >= 11 is 5.87. The molecule has 0 bridgehead atoms. The van der Waals surface area contributed by atoms with Crippen LogP contribution >= 0.6 is 11.6 Å². The van der Waals surface area contributed by atoms with Gasteiger partial charge in [0.25, 0.3) is 0 Å². The third-order valence-electron chi connectivity index (χ3n) is 3.10. The molecule has 0 aliphatic heterocycles. The van der Waals surface area contributed by atoms with Crippen LogP contribution in [0.25, 0.3) is 0 Å². The van der Waals surface area contributed by atoms with Gasteiger partial charge in [0.1, 0.15) is 5.82 Å². The van der Waals surface area contributed by atoms with Crippen molar-refractivity contribution < 1.29 is 4.39 Å². The van der Waals surface area contributed by atoms with E-state index in [-0.39, 0.29) is 17.9 Å². The smallest absolute Gasteiger partial charge is 0.141 e. The molecule has 4 heteroatoms. The van der Waals surface area contributed by atoms with E-state index in [0.29, 0.717) is 0 Å². The third kappa shape index (κ3) is 3.75. The Morgan fingerprint density at radius 1 is 1.05 bits per heavy atom. The molecule has 0 aliphatic rings. The summed E-state index contributed by atoms with van der Waals surface area (Å²) in [6, 6.07) is 9.36. The molecule has 2 atom stereocenters. The molecular formula is C15H16ClFN2. The van der Waals surface area contributed by atoms with Crippen LogP contribution in [0, 0.1) is 5.82 Å². The van der Waals surface area contributed by atoms with E-state index in [1.165, 1.54) is 12.3 Å². The molecule has 1 aromatic carbocycles. The molecule has 2 nitrogen and oxygen atoms in total. The maximum Gasteiger partial charge on any atom is 0.141 e. The zero-order chi connectivity index (χ0) is 13.8. The summed E-state index contributed by atoms with van der Waals surface area (Å²) in [5.74, 6) is -0.315. The topological polar surface area (TPSA) is 24.9 Å². The van der Waals surface area contributed by atoms with Gasteiger partial charge in [0.2, 0.25) is 0 Å². The highest BCUT2D eigenvalue weighted by atomic mass is 35.5. The quantitative estimate of drug-likeness (QED) is 0.903. The van der Waals surface area contributed by atoms with Crippen molar-refractivity contribution in [3.63, 3.8) is 0 Å². The largest absolute Gasteiger partial charge is 0.304 e. The van der Waals surface area contributed by atoms with Crippen molar-refractivity contribution in [1.82, 2.24) is 10.3 Å². The Kier molecular flexibility index (Phi) is 4.51. The fourth-order valence-electron chi connectivity index (χ4n) is 1.98. The standard InChI is InChI=1S/C15H16ClFN2/c1-10(12-3-5-14(16)6-4-12)19-11(2)13-7-15(17)9-18-8-13/h3-11,19H,1-2H3/t10-,11?/m0/s1. The number of aromatic nitrogens is 1. The molecule has 0 amide bonds. The van der Waals surface area contributed by atoms with Crippen LogP contribution < -0.4 is 5.32 Å². The molecule has 0 radical (unpaired) electrons. The summed E-state index contributed by atoms with van der Waals surface area (Å²) in [6.45, 7) is 4.05. The van der Waals surface area contributed by atoms with Gasteiger partial charge < -0.3 is 5.32 Å². The Labute approximate surface area is 117 Å². The van der Waals surface area contributed by atoms with E-state index in [1.54, 1.807) is 6.20 Å². The zero-order valence-corrected chi connectivity index (χ0v) is 11.7. The van der Waals surface area contributed by atoms with Crippen molar-refractivity contribution in [2.24, 2.45) is 0 Å². The fraction of sp³-hybridized carbons (Fsp3) is 0.267. The van der Waals surface area contributed by atoms with Gasteiger partial charge in [-0.05, 0) is 43.2 Å². The molecule has 2 rings (SSSR count). The minimum atomic E-state index is -0.315. The van der Waals surface area contributed by atoms with Crippen LogP contribution in [0.15, 0.2) is 42.7 Å². The summed E-state index contributed by atoms with van der Waals surface area (Å²) in [4.78, 5) is 3.86. The molecule has 0 aliphatic carbocycles. The number of halogens is 2. The monoisotopic (exact) mass is 278 g/mol. The first kappa shape index (κ1) is 14.0.